The molecule has 0 aliphatic rings. The largest absolute Gasteiger partial charge is 0.324 e. The zero-order valence-electron chi connectivity index (χ0n) is 24.2. The first-order valence-electron chi connectivity index (χ1n) is 14.0. The van der Waals surface area contributed by atoms with Crippen LogP contribution in [0.2, 0.25) is 0 Å². The summed E-state index contributed by atoms with van der Waals surface area (Å²) in [6, 6.07) is 6.03. The summed E-state index contributed by atoms with van der Waals surface area (Å²) in [7, 11) is 0. The Morgan fingerprint density at radius 3 is 1.59 bits per heavy atom. The first kappa shape index (κ1) is 33.2. The van der Waals surface area contributed by atoms with Crippen LogP contribution in [0.4, 0.5) is 22.0 Å². The Hall–Kier alpha value is -2.03. The second-order valence-electron chi connectivity index (χ2n) is 10.8. The van der Waals surface area contributed by atoms with Crippen LogP contribution in [0.1, 0.15) is 105 Å². The summed E-state index contributed by atoms with van der Waals surface area (Å²) in [6.45, 7) is 13.3. The molecule has 0 aromatic heterocycles. The molecule has 2 rings (SSSR count). The van der Waals surface area contributed by atoms with Crippen molar-refractivity contribution in [2.75, 3.05) is 0 Å². The van der Waals surface area contributed by atoms with Crippen molar-refractivity contribution in [2.45, 2.75) is 124 Å². The van der Waals surface area contributed by atoms with Crippen LogP contribution in [0.3, 0.4) is 0 Å². The van der Waals surface area contributed by atoms with Crippen molar-refractivity contribution < 1.29 is 36.2 Å². The van der Waals surface area contributed by atoms with Crippen molar-refractivity contribution >= 4 is 0 Å². The number of rotatable bonds is 16. The highest BCUT2D eigenvalue weighted by molar-refractivity contribution is 5.66. The van der Waals surface area contributed by atoms with Crippen LogP contribution < -0.4 is 0 Å². The van der Waals surface area contributed by atoms with E-state index in [1.54, 1.807) is 6.07 Å². The Bertz CT molecular complexity index is 999. The van der Waals surface area contributed by atoms with E-state index in [-0.39, 0.29) is 23.9 Å². The van der Waals surface area contributed by atoms with Gasteiger partial charge in [-0.15, -0.1) is 0 Å². The van der Waals surface area contributed by atoms with Crippen LogP contribution in [-0.4, -0.2) is 24.3 Å². The summed E-state index contributed by atoms with van der Waals surface area (Å²) in [5, 5.41) is 0. The molecule has 2 aromatic rings. The molecule has 0 radical (unpaired) electrons. The predicted octanol–water partition coefficient (Wildman–Crippen LogP) is 9.81. The Balaban J connectivity index is 2.67. The van der Waals surface area contributed by atoms with E-state index in [4.69, 9.17) is 14.2 Å². The third kappa shape index (κ3) is 8.73. The highest BCUT2D eigenvalue weighted by Crippen LogP contribution is 2.42. The fraction of sp³-hybridized carbons (Fsp3) is 0.613. The minimum atomic E-state index is -2.19. The van der Waals surface area contributed by atoms with Crippen molar-refractivity contribution in [1.29, 1.82) is 0 Å². The third-order valence-electron chi connectivity index (χ3n) is 6.26. The maximum Gasteiger partial charge on any atom is 0.290 e. The normalized spacial score (nSPS) is 13.2. The zero-order valence-corrected chi connectivity index (χ0v) is 24.2. The fourth-order valence-electron chi connectivity index (χ4n) is 4.76. The minimum absolute atomic E-state index is 0.138. The molecule has 0 aliphatic heterocycles. The topological polar surface area (TPSA) is 27.7 Å². The Morgan fingerprint density at radius 1 is 0.641 bits per heavy atom. The van der Waals surface area contributed by atoms with Crippen molar-refractivity contribution in [3.63, 3.8) is 0 Å². The number of hydrogen-bond acceptors (Lipinski definition) is 3. The standard InChI is InChI=1S/C31H43F5O3/c1-8-9-10-11-12-13-17-24(31(37-19(2)3,38-20(4)5)39-21(6)7)22-15-14-16-23(18-22)25-26(32)28(34)30(36)29(35)27(25)33/h14-16,18-21,24H,8-13,17H2,1-7H3. The van der Waals surface area contributed by atoms with Gasteiger partial charge in [-0.1, -0.05) is 69.7 Å². The summed E-state index contributed by atoms with van der Waals surface area (Å²) in [5.41, 5.74) is -0.566. The van der Waals surface area contributed by atoms with E-state index >= 15 is 0 Å². The van der Waals surface area contributed by atoms with Gasteiger partial charge in [0.25, 0.3) is 5.97 Å². The SMILES string of the molecule is CCCCCCCCC(c1cccc(-c2c(F)c(F)c(F)c(F)c2F)c1)C(OC(C)C)(OC(C)C)OC(C)C. The lowest BCUT2D eigenvalue weighted by atomic mass is 9.88. The Kier molecular flexibility index (Phi) is 12.8. The molecule has 0 saturated carbocycles. The molecule has 0 saturated heterocycles. The van der Waals surface area contributed by atoms with Gasteiger partial charge in [-0.3, -0.25) is 0 Å². The average Bonchev–Trinajstić information content (AvgIpc) is 2.84. The average molecular weight is 559 g/mol. The van der Waals surface area contributed by atoms with Crippen LogP contribution in [0.5, 0.6) is 0 Å². The smallest absolute Gasteiger partial charge is 0.290 e. The zero-order chi connectivity index (χ0) is 29.3. The van der Waals surface area contributed by atoms with Gasteiger partial charge in [0.2, 0.25) is 5.82 Å². The second-order valence-corrected chi connectivity index (χ2v) is 10.8. The molecule has 0 fully saturated rings. The number of unbranched alkanes of at least 4 members (excludes halogenated alkanes) is 5. The number of benzene rings is 2. The lowest BCUT2D eigenvalue weighted by Gasteiger charge is -2.43. The monoisotopic (exact) mass is 558 g/mol. The lowest BCUT2D eigenvalue weighted by molar-refractivity contribution is -0.420. The van der Waals surface area contributed by atoms with E-state index in [9.17, 15) is 22.0 Å². The molecule has 3 nitrogen and oxygen atoms in total. The number of ether oxygens (including phenoxy) is 3. The maximum absolute atomic E-state index is 14.7. The molecule has 0 bridgehead atoms. The molecule has 8 heteroatoms. The van der Waals surface area contributed by atoms with Gasteiger partial charge in [0.1, 0.15) is 0 Å². The van der Waals surface area contributed by atoms with E-state index in [1.165, 1.54) is 18.2 Å². The number of halogens is 5. The lowest BCUT2D eigenvalue weighted by Crippen LogP contribution is -2.49. The highest BCUT2D eigenvalue weighted by atomic mass is 19.2. The molecule has 1 atom stereocenters. The van der Waals surface area contributed by atoms with Crippen molar-refractivity contribution in [3.8, 4) is 11.1 Å². The van der Waals surface area contributed by atoms with Crippen LogP contribution >= 0.6 is 0 Å². The molecular weight excluding hydrogens is 515 g/mol. The molecular formula is C31H43F5O3. The van der Waals surface area contributed by atoms with Gasteiger partial charge >= 0.3 is 0 Å². The van der Waals surface area contributed by atoms with Gasteiger partial charge < -0.3 is 14.2 Å². The molecule has 0 aliphatic carbocycles. The predicted molar refractivity (Wildman–Crippen MR) is 144 cm³/mol. The minimum Gasteiger partial charge on any atom is -0.324 e. The summed E-state index contributed by atoms with van der Waals surface area (Å²) >= 11 is 0. The Morgan fingerprint density at radius 2 is 1.10 bits per heavy atom. The van der Waals surface area contributed by atoms with Gasteiger partial charge in [0, 0.05) is 0 Å². The summed E-state index contributed by atoms with van der Waals surface area (Å²) < 4.78 is 90.3. The fourth-order valence-corrected chi connectivity index (χ4v) is 4.76. The molecule has 0 heterocycles. The second kappa shape index (κ2) is 15.1. The summed E-state index contributed by atoms with van der Waals surface area (Å²) in [4.78, 5) is 0. The van der Waals surface area contributed by atoms with Gasteiger partial charge in [-0.05, 0) is 59.1 Å². The first-order valence-corrected chi connectivity index (χ1v) is 14.0. The van der Waals surface area contributed by atoms with Gasteiger partial charge in [0.15, 0.2) is 23.3 Å². The van der Waals surface area contributed by atoms with Crippen molar-refractivity contribution in [2.24, 2.45) is 0 Å². The summed E-state index contributed by atoms with van der Waals surface area (Å²) in [5.74, 6) is -12.0. The molecule has 39 heavy (non-hydrogen) atoms. The maximum atomic E-state index is 14.7. The molecule has 2 aromatic carbocycles. The molecule has 220 valence electrons. The Labute approximate surface area is 230 Å². The van der Waals surface area contributed by atoms with E-state index in [1.807, 2.05) is 41.5 Å². The molecule has 0 spiro atoms. The van der Waals surface area contributed by atoms with Crippen molar-refractivity contribution in [1.82, 2.24) is 0 Å². The van der Waals surface area contributed by atoms with E-state index in [0.717, 1.165) is 38.5 Å². The van der Waals surface area contributed by atoms with Gasteiger partial charge in [-0.25, -0.2) is 22.0 Å². The quantitative estimate of drug-likeness (QED) is 0.0675. The first-order chi connectivity index (χ1) is 18.3. The van der Waals surface area contributed by atoms with E-state index in [2.05, 4.69) is 6.92 Å². The molecule has 0 amide bonds. The molecule has 0 N–H and O–H groups in total. The van der Waals surface area contributed by atoms with E-state index < -0.39 is 46.5 Å². The van der Waals surface area contributed by atoms with Gasteiger partial charge in [0.05, 0.1) is 29.8 Å². The van der Waals surface area contributed by atoms with Crippen molar-refractivity contribution in [3.05, 3.63) is 58.9 Å². The van der Waals surface area contributed by atoms with E-state index in [0.29, 0.717) is 12.0 Å². The van der Waals surface area contributed by atoms with Crippen LogP contribution in [0.15, 0.2) is 24.3 Å². The highest BCUT2D eigenvalue weighted by Gasteiger charge is 2.46. The number of hydrogen-bond donors (Lipinski definition) is 0. The van der Waals surface area contributed by atoms with Crippen LogP contribution in [-0.2, 0) is 14.2 Å². The van der Waals surface area contributed by atoms with Crippen LogP contribution in [0.25, 0.3) is 11.1 Å². The summed E-state index contributed by atoms with van der Waals surface area (Å²) in [6.07, 6.45) is 5.87. The molecule has 1 unspecified atom stereocenters. The third-order valence-corrected chi connectivity index (χ3v) is 6.26. The van der Waals surface area contributed by atoms with Crippen LogP contribution in [0, 0.1) is 29.1 Å². The van der Waals surface area contributed by atoms with Gasteiger partial charge in [-0.2, -0.15) is 0 Å².